The van der Waals surface area contributed by atoms with Crippen molar-refractivity contribution in [3.8, 4) is 11.4 Å². The van der Waals surface area contributed by atoms with E-state index >= 15 is 0 Å². The van der Waals surface area contributed by atoms with Crippen LogP contribution in [-0.2, 0) is 0 Å². The van der Waals surface area contributed by atoms with Gasteiger partial charge in [-0.3, -0.25) is 4.98 Å². The summed E-state index contributed by atoms with van der Waals surface area (Å²) in [6.45, 7) is 3.48. The van der Waals surface area contributed by atoms with Gasteiger partial charge in [-0.1, -0.05) is 24.4 Å². The third kappa shape index (κ3) is 3.44. The summed E-state index contributed by atoms with van der Waals surface area (Å²) in [4.78, 5) is 11.2. The SMILES string of the molecule is c1cc(-c2noc(C3CCN(CC4CCCCC4)C3)n2)ccn1. The van der Waals surface area contributed by atoms with E-state index in [4.69, 9.17) is 4.52 Å². The summed E-state index contributed by atoms with van der Waals surface area (Å²) >= 11 is 0. The van der Waals surface area contributed by atoms with Gasteiger partial charge in [-0.25, -0.2) is 0 Å². The fourth-order valence-electron chi connectivity index (χ4n) is 3.95. The molecule has 1 saturated carbocycles. The Morgan fingerprint density at radius 2 is 1.91 bits per heavy atom. The average molecular weight is 312 g/mol. The molecule has 0 aromatic carbocycles. The molecule has 0 bridgehead atoms. The minimum atomic E-state index is 0.390. The average Bonchev–Trinajstić information content (AvgIpc) is 3.26. The predicted octanol–water partition coefficient (Wildman–Crippen LogP) is 3.50. The van der Waals surface area contributed by atoms with Gasteiger partial charge in [0.1, 0.15) is 0 Å². The van der Waals surface area contributed by atoms with Crippen LogP contribution in [0.1, 0.15) is 50.3 Å². The van der Waals surface area contributed by atoms with Crippen LogP contribution in [-0.4, -0.2) is 39.7 Å². The molecule has 1 atom stereocenters. The summed E-state index contributed by atoms with van der Waals surface area (Å²) < 4.78 is 5.53. The zero-order valence-electron chi connectivity index (χ0n) is 13.5. The summed E-state index contributed by atoms with van der Waals surface area (Å²) in [5.74, 6) is 2.76. The lowest BCUT2D eigenvalue weighted by molar-refractivity contribution is 0.229. The van der Waals surface area contributed by atoms with Gasteiger partial charge >= 0.3 is 0 Å². The molecule has 0 spiro atoms. The molecule has 0 N–H and O–H groups in total. The molecule has 2 aromatic heterocycles. The van der Waals surface area contributed by atoms with Crippen LogP contribution in [0.3, 0.4) is 0 Å². The Bertz CT molecular complexity index is 621. The molecule has 0 amide bonds. The maximum atomic E-state index is 5.53. The summed E-state index contributed by atoms with van der Waals surface area (Å²) in [5.41, 5.74) is 0.965. The van der Waals surface area contributed by atoms with Crippen LogP contribution >= 0.6 is 0 Å². The second-order valence-corrected chi connectivity index (χ2v) is 6.94. The minimum absolute atomic E-state index is 0.390. The maximum Gasteiger partial charge on any atom is 0.231 e. The van der Waals surface area contributed by atoms with Gasteiger partial charge < -0.3 is 9.42 Å². The predicted molar refractivity (Wildman–Crippen MR) is 87.9 cm³/mol. The Labute approximate surface area is 137 Å². The number of hydrogen-bond donors (Lipinski definition) is 0. The van der Waals surface area contributed by atoms with Gasteiger partial charge in [0.25, 0.3) is 0 Å². The molecule has 2 fully saturated rings. The Hall–Kier alpha value is -1.75. The van der Waals surface area contributed by atoms with Crippen molar-refractivity contribution in [2.45, 2.75) is 44.4 Å². The zero-order chi connectivity index (χ0) is 15.5. The van der Waals surface area contributed by atoms with Crippen LogP contribution in [0.2, 0.25) is 0 Å². The molecule has 1 saturated heterocycles. The van der Waals surface area contributed by atoms with E-state index in [0.29, 0.717) is 11.7 Å². The van der Waals surface area contributed by atoms with Crippen LogP contribution in [0.5, 0.6) is 0 Å². The molecular formula is C18H24N4O. The van der Waals surface area contributed by atoms with E-state index in [2.05, 4.69) is 20.0 Å². The van der Waals surface area contributed by atoms with Gasteiger partial charge in [-0.2, -0.15) is 4.98 Å². The van der Waals surface area contributed by atoms with Gasteiger partial charge in [0.05, 0.1) is 5.92 Å². The number of likely N-dealkylation sites (tertiary alicyclic amines) is 1. The van der Waals surface area contributed by atoms with Gasteiger partial charge in [-0.15, -0.1) is 0 Å². The molecule has 2 aromatic rings. The highest BCUT2D eigenvalue weighted by Gasteiger charge is 2.30. The molecule has 5 heteroatoms. The van der Waals surface area contributed by atoms with Crippen molar-refractivity contribution in [1.82, 2.24) is 20.0 Å². The van der Waals surface area contributed by atoms with Crippen LogP contribution in [0.15, 0.2) is 29.0 Å². The highest BCUT2D eigenvalue weighted by Crippen LogP contribution is 2.30. The van der Waals surface area contributed by atoms with E-state index in [1.54, 1.807) is 12.4 Å². The summed E-state index contributed by atoms with van der Waals surface area (Å²) in [5, 5.41) is 4.14. The molecule has 122 valence electrons. The molecule has 23 heavy (non-hydrogen) atoms. The Kier molecular flexibility index (Phi) is 4.37. The molecule has 1 aliphatic heterocycles. The van der Waals surface area contributed by atoms with E-state index in [1.807, 2.05) is 12.1 Å². The van der Waals surface area contributed by atoms with E-state index in [-0.39, 0.29) is 0 Å². The first-order valence-electron chi connectivity index (χ1n) is 8.85. The number of nitrogens with zero attached hydrogens (tertiary/aromatic N) is 4. The van der Waals surface area contributed by atoms with Crippen molar-refractivity contribution in [3.05, 3.63) is 30.4 Å². The molecule has 4 rings (SSSR count). The quantitative estimate of drug-likeness (QED) is 0.865. The smallest absolute Gasteiger partial charge is 0.231 e. The van der Waals surface area contributed by atoms with Crippen LogP contribution < -0.4 is 0 Å². The summed E-state index contributed by atoms with van der Waals surface area (Å²) in [7, 11) is 0. The lowest BCUT2D eigenvalue weighted by Crippen LogP contribution is -2.28. The first kappa shape index (κ1) is 14.8. The number of hydrogen-bond acceptors (Lipinski definition) is 5. The third-order valence-corrected chi connectivity index (χ3v) is 5.24. The molecule has 3 heterocycles. The maximum absolute atomic E-state index is 5.53. The van der Waals surface area contributed by atoms with Gasteiger partial charge in [0.2, 0.25) is 11.7 Å². The molecular weight excluding hydrogens is 288 g/mol. The Balaban J connectivity index is 1.37. The monoisotopic (exact) mass is 312 g/mol. The second kappa shape index (κ2) is 6.79. The molecule has 5 nitrogen and oxygen atoms in total. The van der Waals surface area contributed by atoms with Crippen LogP contribution in [0, 0.1) is 5.92 Å². The third-order valence-electron chi connectivity index (χ3n) is 5.24. The first-order chi connectivity index (χ1) is 11.4. The van der Waals surface area contributed by atoms with E-state index in [0.717, 1.165) is 36.9 Å². The number of pyridine rings is 1. The standard InChI is InChI=1S/C18H24N4O/c1-2-4-14(5-3-1)12-22-11-8-16(13-22)18-20-17(21-23-18)15-6-9-19-10-7-15/h6-7,9-10,14,16H,1-5,8,11-13H2. The highest BCUT2D eigenvalue weighted by atomic mass is 16.5. The van der Waals surface area contributed by atoms with Gasteiger partial charge in [0, 0.05) is 31.0 Å². The van der Waals surface area contributed by atoms with Gasteiger partial charge in [-0.05, 0) is 43.9 Å². The molecule has 1 aliphatic carbocycles. The largest absolute Gasteiger partial charge is 0.339 e. The van der Waals surface area contributed by atoms with Crippen LogP contribution in [0.4, 0.5) is 0 Å². The topological polar surface area (TPSA) is 55.1 Å². The fraction of sp³-hybridized carbons (Fsp3) is 0.611. The highest BCUT2D eigenvalue weighted by molar-refractivity contribution is 5.52. The Morgan fingerprint density at radius 3 is 2.74 bits per heavy atom. The van der Waals surface area contributed by atoms with Crippen molar-refractivity contribution in [1.29, 1.82) is 0 Å². The van der Waals surface area contributed by atoms with E-state index in [1.165, 1.54) is 38.6 Å². The lowest BCUT2D eigenvalue weighted by Gasteiger charge is -2.26. The number of rotatable bonds is 4. The fourth-order valence-corrected chi connectivity index (χ4v) is 3.95. The van der Waals surface area contributed by atoms with E-state index < -0.39 is 0 Å². The second-order valence-electron chi connectivity index (χ2n) is 6.94. The van der Waals surface area contributed by atoms with Crippen LogP contribution in [0.25, 0.3) is 11.4 Å². The van der Waals surface area contributed by atoms with Crippen molar-refractivity contribution >= 4 is 0 Å². The van der Waals surface area contributed by atoms with Crippen molar-refractivity contribution in [2.24, 2.45) is 5.92 Å². The summed E-state index contributed by atoms with van der Waals surface area (Å²) in [6, 6.07) is 3.83. The lowest BCUT2D eigenvalue weighted by atomic mass is 9.89. The minimum Gasteiger partial charge on any atom is -0.339 e. The van der Waals surface area contributed by atoms with Crippen molar-refractivity contribution in [3.63, 3.8) is 0 Å². The van der Waals surface area contributed by atoms with Crippen molar-refractivity contribution < 1.29 is 4.52 Å². The normalized spacial score (nSPS) is 23.4. The zero-order valence-corrected chi connectivity index (χ0v) is 13.5. The number of aromatic nitrogens is 3. The van der Waals surface area contributed by atoms with Gasteiger partial charge in [0.15, 0.2) is 0 Å². The summed E-state index contributed by atoms with van der Waals surface area (Å²) in [6.07, 6.45) is 11.7. The molecule has 1 unspecified atom stereocenters. The van der Waals surface area contributed by atoms with E-state index in [9.17, 15) is 0 Å². The molecule has 0 radical (unpaired) electrons. The first-order valence-corrected chi connectivity index (χ1v) is 8.85. The van der Waals surface area contributed by atoms with Crippen molar-refractivity contribution in [2.75, 3.05) is 19.6 Å². The Morgan fingerprint density at radius 1 is 1.09 bits per heavy atom. The molecule has 2 aliphatic rings.